The molecule has 43 heavy (non-hydrogen) atoms. The first-order valence-corrected chi connectivity index (χ1v) is 14.4. The van der Waals surface area contributed by atoms with Gasteiger partial charge in [0.1, 0.15) is 30.1 Å². The van der Waals surface area contributed by atoms with Gasteiger partial charge in [0.25, 0.3) is 5.91 Å². The van der Waals surface area contributed by atoms with Crippen molar-refractivity contribution >= 4 is 23.6 Å². The molecule has 5 rings (SSSR count). The van der Waals surface area contributed by atoms with Gasteiger partial charge in [-0.1, -0.05) is 62.7 Å². The molecule has 0 fully saturated rings. The number of benzene rings is 2. The molecule has 4 aromatic rings. The summed E-state index contributed by atoms with van der Waals surface area (Å²) >= 11 is 0. The standard InChI is InChI=1S/C33H38N6O4/c1-21-10-12-22(13-11-21)39-30(19-28(38-39)33(2,3)4)37-32(41)35-26-14-15-27(25-9-7-6-8-24(25)26)43-23-16-17-34-29(18-23)36-31(40)20-42-5/h6-13,16-19,26-27H,14-15,20H2,1-5H3,(H,34,36,40)(H2,35,37,41)/t26-,27-/m0/s1. The Bertz CT molecular complexity index is 1590. The number of rotatable bonds is 8. The van der Waals surface area contributed by atoms with Gasteiger partial charge in [-0.15, -0.1) is 0 Å². The smallest absolute Gasteiger partial charge is 0.320 e. The Morgan fingerprint density at radius 1 is 0.977 bits per heavy atom. The average Bonchev–Trinajstić information content (AvgIpc) is 3.39. The van der Waals surface area contributed by atoms with Crippen molar-refractivity contribution in [2.45, 2.75) is 58.1 Å². The minimum absolute atomic E-state index is 0.0588. The Labute approximate surface area is 251 Å². The zero-order valence-corrected chi connectivity index (χ0v) is 25.2. The molecule has 2 aromatic heterocycles. The largest absolute Gasteiger partial charge is 0.486 e. The molecule has 2 aromatic carbocycles. The highest BCUT2D eigenvalue weighted by atomic mass is 16.5. The van der Waals surface area contributed by atoms with Crippen molar-refractivity contribution < 1.29 is 19.1 Å². The molecule has 0 unspecified atom stereocenters. The van der Waals surface area contributed by atoms with Crippen LogP contribution in [-0.2, 0) is 14.9 Å². The van der Waals surface area contributed by atoms with Crippen molar-refractivity contribution in [2.75, 3.05) is 24.4 Å². The Morgan fingerprint density at radius 2 is 1.72 bits per heavy atom. The summed E-state index contributed by atoms with van der Waals surface area (Å²) in [6.45, 7) is 8.27. The number of amides is 3. The Kier molecular flexibility index (Phi) is 8.77. The molecular formula is C33H38N6O4. The fourth-order valence-corrected chi connectivity index (χ4v) is 5.08. The molecule has 3 amide bonds. The number of anilines is 2. The number of aryl methyl sites for hydroxylation is 1. The molecule has 1 aliphatic carbocycles. The van der Waals surface area contributed by atoms with E-state index in [4.69, 9.17) is 14.6 Å². The highest BCUT2D eigenvalue weighted by Crippen LogP contribution is 2.39. The number of urea groups is 1. The van der Waals surface area contributed by atoms with Gasteiger partial charge < -0.3 is 20.1 Å². The second kappa shape index (κ2) is 12.7. The van der Waals surface area contributed by atoms with Crippen molar-refractivity contribution in [1.29, 1.82) is 0 Å². The Morgan fingerprint density at radius 3 is 2.44 bits per heavy atom. The van der Waals surface area contributed by atoms with E-state index < -0.39 is 0 Å². The number of hydrogen-bond donors (Lipinski definition) is 3. The van der Waals surface area contributed by atoms with Gasteiger partial charge in [0.15, 0.2) is 0 Å². The van der Waals surface area contributed by atoms with E-state index in [2.05, 4.69) is 41.7 Å². The number of fused-ring (bicyclic) bond motifs is 1. The van der Waals surface area contributed by atoms with Gasteiger partial charge in [-0.3, -0.25) is 10.1 Å². The van der Waals surface area contributed by atoms with Gasteiger partial charge in [-0.05, 0) is 49.1 Å². The van der Waals surface area contributed by atoms with Crippen molar-refractivity contribution in [3.8, 4) is 11.4 Å². The van der Waals surface area contributed by atoms with E-state index in [0.29, 0.717) is 30.2 Å². The molecule has 0 spiro atoms. The summed E-state index contributed by atoms with van der Waals surface area (Å²) in [6.07, 6.45) is 2.74. The third-order valence-corrected chi connectivity index (χ3v) is 7.29. The molecule has 10 heteroatoms. The summed E-state index contributed by atoms with van der Waals surface area (Å²) in [7, 11) is 1.46. The van der Waals surface area contributed by atoms with E-state index in [1.54, 1.807) is 23.0 Å². The number of methoxy groups -OCH3 is 1. The predicted molar refractivity (Wildman–Crippen MR) is 166 cm³/mol. The maximum absolute atomic E-state index is 13.4. The number of pyridine rings is 1. The molecule has 3 N–H and O–H groups in total. The molecule has 2 heterocycles. The number of carbonyl (C=O) groups excluding carboxylic acids is 2. The minimum Gasteiger partial charge on any atom is -0.486 e. The topological polar surface area (TPSA) is 119 Å². The van der Waals surface area contributed by atoms with Gasteiger partial charge >= 0.3 is 6.03 Å². The SMILES string of the molecule is COCC(=O)Nc1cc(O[C@H]2CC[C@H](NC(=O)Nc3cc(C(C)(C)C)nn3-c3ccc(C)cc3)c3ccccc32)ccn1. The van der Waals surface area contributed by atoms with Crippen molar-refractivity contribution in [3.05, 3.63) is 95.3 Å². The van der Waals surface area contributed by atoms with Gasteiger partial charge in [0.2, 0.25) is 0 Å². The zero-order valence-electron chi connectivity index (χ0n) is 25.2. The third-order valence-electron chi connectivity index (χ3n) is 7.29. The first-order chi connectivity index (χ1) is 20.6. The third kappa shape index (κ3) is 7.21. The van der Waals surface area contributed by atoms with E-state index >= 15 is 0 Å². The highest BCUT2D eigenvalue weighted by Gasteiger charge is 2.30. The van der Waals surface area contributed by atoms with E-state index in [1.807, 2.05) is 61.5 Å². The maximum Gasteiger partial charge on any atom is 0.320 e. The number of carbonyl (C=O) groups is 2. The molecule has 224 valence electrons. The van der Waals surface area contributed by atoms with Crippen LogP contribution in [-0.4, -0.2) is 40.4 Å². The lowest BCUT2D eigenvalue weighted by molar-refractivity contribution is -0.119. The van der Waals surface area contributed by atoms with E-state index in [-0.39, 0.29) is 36.1 Å². The molecule has 0 saturated carbocycles. The quantitative estimate of drug-likeness (QED) is 0.226. The van der Waals surface area contributed by atoms with Crippen LogP contribution in [0.3, 0.4) is 0 Å². The molecule has 10 nitrogen and oxygen atoms in total. The van der Waals surface area contributed by atoms with Crippen LogP contribution in [0, 0.1) is 6.92 Å². The number of hydrogen-bond acceptors (Lipinski definition) is 6. The first kappa shape index (κ1) is 29.8. The first-order valence-electron chi connectivity index (χ1n) is 14.4. The highest BCUT2D eigenvalue weighted by molar-refractivity contribution is 5.91. The van der Waals surface area contributed by atoms with Crippen LogP contribution in [0.4, 0.5) is 16.4 Å². The zero-order chi connectivity index (χ0) is 30.6. The predicted octanol–water partition coefficient (Wildman–Crippen LogP) is 6.23. The summed E-state index contributed by atoms with van der Waals surface area (Å²) in [4.78, 5) is 29.5. The van der Waals surface area contributed by atoms with E-state index in [9.17, 15) is 9.59 Å². The average molecular weight is 583 g/mol. The van der Waals surface area contributed by atoms with Crippen LogP contribution in [0.2, 0.25) is 0 Å². The molecule has 0 bridgehead atoms. The van der Waals surface area contributed by atoms with Crippen molar-refractivity contribution in [2.24, 2.45) is 0 Å². The van der Waals surface area contributed by atoms with Crippen LogP contribution in [0.5, 0.6) is 5.75 Å². The number of ether oxygens (including phenoxy) is 2. The Balaban J connectivity index is 1.31. The number of aromatic nitrogens is 3. The minimum atomic E-state index is -0.307. The molecular weight excluding hydrogens is 544 g/mol. The summed E-state index contributed by atoms with van der Waals surface area (Å²) in [5.74, 6) is 1.28. The lowest BCUT2D eigenvalue weighted by atomic mass is 9.85. The van der Waals surface area contributed by atoms with Gasteiger partial charge in [0, 0.05) is 30.9 Å². The van der Waals surface area contributed by atoms with Crippen LogP contribution < -0.4 is 20.7 Å². The van der Waals surface area contributed by atoms with Crippen LogP contribution in [0.15, 0.2) is 72.9 Å². The lowest BCUT2D eigenvalue weighted by Gasteiger charge is -2.32. The van der Waals surface area contributed by atoms with Crippen LogP contribution in [0.25, 0.3) is 5.69 Å². The Hall–Kier alpha value is -4.70. The lowest BCUT2D eigenvalue weighted by Crippen LogP contribution is -2.36. The summed E-state index contributed by atoms with van der Waals surface area (Å²) < 4.78 is 13.0. The van der Waals surface area contributed by atoms with Crippen LogP contribution >= 0.6 is 0 Å². The van der Waals surface area contributed by atoms with Crippen LogP contribution in [0.1, 0.15) is 68.1 Å². The van der Waals surface area contributed by atoms with Crippen molar-refractivity contribution in [3.63, 3.8) is 0 Å². The fraction of sp³-hybridized carbons (Fsp3) is 0.333. The second-order valence-electron chi connectivity index (χ2n) is 11.7. The number of nitrogens with one attached hydrogen (secondary N) is 3. The number of nitrogens with zero attached hydrogens (tertiary/aromatic N) is 3. The van der Waals surface area contributed by atoms with E-state index in [1.165, 1.54) is 7.11 Å². The van der Waals surface area contributed by atoms with Crippen molar-refractivity contribution in [1.82, 2.24) is 20.1 Å². The molecule has 0 radical (unpaired) electrons. The molecule has 1 aliphatic rings. The molecule has 0 aliphatic heterocycles. The summed E-state index contributed by atoms with van der Waals surface area (Å²) in [5, 5.41) is 13.7. The molecule has 2 atom stereocenters. The summed E-state index contributed by atoms with van der Waals surface area (Å²) in [5.41, 5.74) is 4.71. The van der Waals surface area contributed by atoms with Gasteiger partial charge in [0.05, 0.1) is 17.4 Å². The maximum atomic E-state index is 13.4. The van der Waals surface area contributed by atoms with E-state index in [0.717, 1.165) is 28.1 Å². The van der Waals surface area contributed by atoms with Gasteiger partial charge in [-0.2, -0.15) is 5.10 Å². The summed E-state index contributed by atoms with van der Waals surface area (Å²) in [6, 6.07) is 20.9. The van der Waals surface area contributed by atoms with Gasteiger partial charge in [-0.25, -0.2) is 14.5 Å². The normalized spacial score (nSPS) is 16.2. The fourth-order valence-electron chi connectivity index (χ4n) is 5.08. The second-order valence-corrected chi connectivity index (χ2v) is 11.7. The monoisotopic (exact) mass is 582 g/mol. The molecule has 0 saturated heterocycles.